The fourth-order valence-electron chi connectivity index (χ4n) is 1.22. The van der Waals surface area contributed by atoms with Gasteiger partial charge in [-0.3, -0.25) is 9.59 Å². The maximum absolute atomic E-state index is 11.5. The van der Waals surface area contributed by atoms with Crippen molar-refractivity contribution < 1.29 is 9.59 Å². The predicted molar refractivity (Wildman–Crippen MR) is 57.3 cm³/mol. The molecule has 0 aromatic heterocycles. The molecular formula is C10H15N3O2. The Hall–Kier alpha value is -1.65. The number of hydrazone groups is 1. The van der Waals surface area contributed by atoms with Crippen LogP contribution in [-0.4, -0.2) is 36.1 Å². The molecule has 15 heavy (non-hydrogen) atoms. The predicted octanol–water partition coefficient (Wildman–Crippen LogP) is 0.287. The number of hydrogen-bond acceptors (Lipinski definition) is 3. The second-order valence-electron chi connectivity index (χ2n) is 3.30. The van der Waals surface area contributed by atoms with Crippen LogP contribution in [0.2, 0.25) is 0 Å². The zero-order chi connectivity index (χ0) is 11.3. The fraction of sp³-hybridized carbons (Fsp3) is 0.500. The van der Waals surface area contributed by atoms with E-state index < -0.39 is 0 Å². The SMILES string of the molecule is C=CCCNC(=O)C1=NN(C)C(=O)CC1. The van der Waals surface area contributed by atoms with Gasteiger partial charge in [-0.1, -0.05) is 6.08 Å². The van der Waals surface area contributed by atoms with Gasteiger partial charge in [0.2, 0.25) is 5.91 Å². The molecule has 0 aromatic carbocycles. The number of amides is 2. The summed E-state index contributed by atoms with van der Waals surface area (Å²) >= 11 is 0. The van der Waals surface area contributed by atoms with E-state index in [-0.39, 0.29) is 11.8 Å². The Labute approximate surface area is 88.8 Å². The minimum atomic E-state index is -0.198. The average Bonchev–Trinajstić information content (AvgIpc) is 2.22. The number of nitrogens with one attached hydrogen (secondary N) is 1. The van der Waals surface area contributed by atoms with Crippen molar-refractivity contribution in [2.45, 2.75) is 19.3 Å². The lowest BCUT2D eigenvalue weighted by Gasteiger charge is -2.18. The zero-order valence-electron chi connectivity index (χ0n) is 8.82. The average molecular weight is 209 g/mol. The molecule has 5 nitrogen and oxygen atoms in total. The highest BCUT2D eigenvalue weighted by Crippen LogP contribution is 2.06. The zero-order valence-corrected chi connectivity index (χ0v) is 8.82. The monoisotopic (exact) mass is 209 g/mol. The molecule has 0 fully saturated rings. The van der Waals surface area contributed by atoms with E-state index in [1.54, 1.807) is 13.1 Å². The van der Waals surface area contributed by atoms with E-state index in [4.69, 9.17) is 0 Å². The van der Waals surface area contributed by atoms with Crippen molar-refractivity contribution in [2.24, 2.45) is 5.10 Å². The number of nitrogens with zero attached hydrogens (tertiary/aromatic N) is 2. The molecule has 0 spiro atoms. The van der Waals surface area contributed by atoms with E-state index in [1.807, 2.05) is 0 Å². The van der Waals surface area contributed by atoms with Crippen LogP contribution in [0.4, 0.5) is 0 Å². The van der Waals surface area contributed by atoms with Gasteiger partial charge in [-0.15, -0.1) is 6.58 Å². The first-order valence-corrected chi connectivity index (χ1v) is 4.88. The Kier molecular flexibility index (Phi) is 4.03. The maximum atomic E-state index is 11.5. The fourth-order valence-corrected chi connectivity index (χ4v) is 1.22. The summed E-state index contributed by atoms with van der Waals surface area (Å²) < 4.78 is 0. The van der Waals surface area contributed by atoms with Gasteiger partial charge < -0.3 is 5.32 Å². The molecule has 0 saturated heterocycles. The molecule has 1 aliphatic heterocycles. The quantitative estimate of drug-likeness (QED) is 0.534. The van der Waals surface area contributed by atoms with E-state index in [1.165, 1.54) is 5.01 Å². The molecular weight excluding hydrogens is 194 g/mol. The van der Waals surface area contributed by atoms with E-state index in [9.17, 15) is 9.59 Å². The summed E-state index contributed by atoms with van der Waals surface area (Å²) in [5, 5.41) is 7.83. The molecule has 82 valence electrons. The van der Waals surface area contributed by atoms with Gasteiger partial charge in [0.25, 0.3) is 5.91 Å². The smallest absolute Gasteiger partial charge is 0.267 e. The first-order valence-electron chi connectivity index (χ1n) is 4.88. The molecule has 0 aromatic rings. The van der Waals surface area contributed by atoms with Crippen LogP contribution in [0, 0.1) is 0 Å². The number of carbonyl (C=O) groups is 2. The summed E-state index contributed by atoms with van der Waals surface area (Å²) in [5.74, 6) is -0.256. The molecule has 2 amide bonds. The van der Waals surface area contributed by atoms with Gasteiger partial charge in [-0.2, -0.15) is 5.10 Å². The largest absolute Gasteiger partial charge is 0.351 e. The van der Waals surface area contributed by atoms with E-state index in [0.717, 1.165) is 6.42 Å². The summed E-state index contributed by atoms with van der Waals surface area (Å²) in [6.07, 6.45) is 3.24. The van der Waals surface area contributed by atoms with Crippen molar-refractivity contribution in [1.29, 1.82) is 0 Å². The molecule has 1 aliphatic rings. The third-order valence-corrected chi connectivity index (χ3v) is 2.10. The minimum absolute atomic E-state index is 0.0577. The molecule has 5 heteroatoms. The Morgan fingerprint density at radius 1 is 1.67 bits per heavy atom. The molecule has 0 bridgehead atoms. The second-order valence-corrected chi connectivity index (χ2v) is 3.30. The van der Waals surface area contributed by atoms with Crippen LogP contribution >= 0.6 is 0 Å². The second kappa shape index (κ2) is 5.29. The molecule has 0 saturated carbocycles. The van der Waals surface area contributed by atoms with Crippen molar-refractivity contribution in [3.63, 3.8) is 0 Å². The molecule has 1 heterocycles. The van der Waals surface area contributed by atoms with E-state index in [0.29, 0.717) is 25.1 Å². The summed E-state index contributed by atoms with van der Waals surface area (Å²) in [4.78, 5) is 22.6. The van der Waals surface area contributed by atoms with Gasteiger partial charge in [0, 0.05) is 26.4 Å². The summed E-state index contributed by atoms with van der Waals surface area (Å²) in [6.45, 7) is 4.11. The first kappa shape index (κ1) is 11.4. The topological polar surface area (TPSA) is 61.8 Å². The van der Waals surface area contributed by atoms with Crippen LogP contribution in [0.5, 0.6) is 0 Å². The van der Waals surface area contributed by atoms with Crippen molar-refractivity contribution in [2.75, 3.05) is 13.6 Å². The van der Waals surface area contributed by atoms with Crippen LogP contribution in [0.25, 0.3) is 0 Å². The summed E-state index contributed by atoms with van der Waals surface area (Å²) in [6, 6.07) is 0. The van der Waals surface area contributed by atoms with E-state index in [2.05, 4.69) is 17.0 Å². The highest BCUT2D eigenvalue weighted by atomic mass is 16.2. The van der Waals surface area contributed by atoms with Gasteiger partial charge >= 0.3 is 0 Å². The highest BCUT2D eigenvalue weighted by molar-refractivity contribution is 6.39. The minimum Gasteiger partial charge on any atom is -0.351 e. The molecule has 1 rings (SSSR count). The Bertz CT molecular complexity index is 310. The van der Waals surface area contributed by atoms with Crippen molar-refractivity contribution in [3.8, 4) is 0 Å². The van der Waals surface area contributed by atoms with Crippen molar-refractivity contribution in [1.82, 2.24) is 10.3 Å². The Balaban J connectivity index is 2.49. The van der Waals surface area contributed by atoms with Crippen molar-refractivity contribution >= 4 is 17.5 Å². The Morgan fingerprint density at radius 2 is 2.40 bits per heavy atom. The van der Waals surface area contributed by atoms with Gasteiger partial charge in [-0.05, 0) is 6.42 Å². The molecule has 0 aliphatic carbocycles. The third-order valence-electron chi connectivity index (χ3n) is 2.10. The normalized spacial score (nSPS) is 15.9. The molecule has 0 atom stereocenters. The van der Waals surface area contributed by atoms with Gasteiger partial charge in [-0.25, -0.2) is 5.01 Å². The Morgan fingerprint density at radius 3 is 3.00 bits per heavy atom. The number of carbonyl (C=O) groups excluding carboxylic acids is 2. The third kappa shape index (κ3) is 3.19. The number of hydrogen-bond donors (Lipinski definition) is 1. The van der Waals surface area contributed by atoms with Crippen LogP contribution in [0.3, 0.4) is 0 Å². The van der Waals surface area contributed by atoms with Gasteiger partial charge in [0.05, 0.1) is 0 Å². The lowest BCUT2D eigenvalue weighted by atomic mass is 10.1. The first-order chi connectivity index (χ1) is 7.15. The molecule has 0 unspecified atom stereocenters. The van der Waals surface area contributed by atoms with Crippen LogP contribution in [0.15, 0.2) is 17.8 Å². The van der Waals surface area contributed by atoms with Crippen molar-refractivity contribution in [3.05, 3.63) is 12.7 Å². The lowest BCUT2D eigenvalue weighted by molar-refractivity contribution is -0.130. The maximum Gasteiger partial charge on any atom is 0.267 e. The van der Waals surface area contributed by atoms with E-state index >= 15 is 0 Å². The standard InChI is InChI=1S/C10H15N3O2/c1-3-4-7-11-10(15)8-5-6-9(14)13(2)12-8/h3H,1,4-7H2,2H3,(H,11,15). The molecule has 0 radical (unpaired) electrons. The highest BCUT2D eigenvalue weighted by Gasteiger charge is 2.21. The van der Waals surface area contributed by atoms with Crippen LogP contribution in [-0.2, 0) is 9.59 Å². The van der Waals surface area contributed by atoms with Crippen LogP contribution in [0.1, 0.15) is 19.3 Å². The number of rotatable bonds is 4. The summed E-state index contributed by atoms with van der Waals surface area (Å²) in [7, 11) is 1.55. The lowest BCUT2D eigenvalue weighted by Crippen LogP contribution is -2.37. The summed E-state index contributed by atoms with van der Waals surface area (Å²) in [5.41, 5.74) is 0.418. The van der Waals surface area contributed by atoms with Gasteiger partial charge in [0.1, 0.15) is 5.71 Å². The molecule has 1 N–H and O–H groups in total. The van der Waals surface area contributed by atoms with Gasteiger partial charge in [0.15, 0.2) is 0 Å². The van der Waals surface area contributed by atoms with Crippen LogP contribution < -0.4 is 5.32 Å².